The number of anilines is 1. The zero-order valence-corrected chi connectivity index (χ0v) is 15.9. The maximum Gasteiger partial charge on any atom is 0.325 e. The number of rotatable bonds is 4. The second-order valence-corrected chi connectivity index (χ2v) is 8.31. The van der Waals surface area contributed by atoms with E-state index in [0.29, 0.717) is 19.0 Å². The van der Waals surface area contributed by atoms with Crippen molar-refractivity contribution in [3.63, 3.8) is 0 Å². The van der Waals surface area contributed by atoms with Crippen LogP contribution >= 0.6 is 0 Å². The van der Waals surface area contributed by atoms with Crippen molar-refractivity contribution < 1.29 is 9.59 Å². The zero-order valence-electron chi connectivity index (χ0n) is 15.9. The van der Waals surface area contributed by atoms with Crippen molar-refractivity contribution in [2.24, 2.45) is 0 Å². The molecule has 0 radical (unpaired) electrons. The molecule has 5 heteroatoms. The van der Waals surface area contributed by atoms with Gasteiger partial charge in [-0.25, -0.2) is 4.79 Å². The number of nitrogens with zero attached hydrogens (tertiary/aromatic N) is 2. The van der Waals surface area contributed by atoms with Crippen LogP contribution in [0.2, 0.25) is 0 Å². The van der Waals surface area contributed by atoms with Gasteiger partial charge in [0, 0.05) is 25.3 Å². The van der Waals surface area contributed by atoms with E-state index in [4.69, 9.17) is 0 Å². The third kappa shape index (κ3) is 2.87. The third-order valence-corrected chi connectivity index (χ3v) is 6.28. The van der Waals surface area contributed by atoms with Crippen LogP contribution in [0.15, 0.2) is 18.2 Å². The Kier molecular flexibility index (Phi) is 4.41. The highest BCUT2D eigenvalue weighted by Crippen LogP contribution is 2.35. The van der Waals surface area contributed by atoms with Crippen LogP contribution in [0, 0.1) is 0 Å². The molecule has 1 aromatic carbocycles. The fraction of sp³-hybridized carbons (Fsp3) is 0.619. The predicted molar refractivity (Wildman–Crippen MR) is 103 cm³/mol. The van der Waals surface area contributed by atoms with Crippen LogP contribution in [0.1, 0.15) is 63.0 Å². The number of urea groups is 1. The molecule has 1 saturated heterocycles. The molecule has 0 unspecified atom stereocenters. The lowest BCUT2D eigenvalue weighted by Crippen LogP contribution is -2.45. The first-order valence-electron chi connectivity index (χ1n) is 10.0. The Morgan fingerprint density at radius 1 is 1.12 bits per heavy atom. The Bertz CT molecular complexity index is 722. The van der Waals surface area contributed by atoms with Crippen LogP contribution in [-0.2, 0) is 11.2 Å². The number of nitrogens with one attached hydrogen (secondary N) is 1. The number of aryl methyl sites for hydroxylation is 1. The average Bonchev–Trinajstić information content (AvgIpc) is 3.19. The summed E-state index contributed by atoms with van der Waals surface area (Å²) >= 11 is 0. The third-order valence-electron chi connectivity index (χ3n) is 6.28. The summed E-state index contributed by atoms with van der Waals surface area (Å²) < 4.78 is 0. The first-order chi connectivity index (χ1) is 12.5. The number of carbonyl (C=O) groups is 2. The summed E-state index contributed by atoms with van der Waals surface area (Å²) in [6.07, 6.45) is 5.86. The Balaban J connectivity index is 1.46. The van der Waals surface area contributed by atoms with E-state index >= 15 is 0 Å². The van der Waals surface area contributed by atoms with E-state index in [-0.39, 0.29) is 11.9 Å². The number of fused-ring (bicyclic) bond motifs is 1. The van der Waals surface area contributed by atoms with Gasteiger partial charge in [-0.05, 0) is 48.8 Å². The minimum atomic E-state index is -0.594. The normalized spacial score (nSPS) is 21.7. The Morgan fingerprint density at radius 2 is 1.88 bits per heavy atom. The Morgan fingerprint density at radius 3 is 2.62 bits per heavy atom. The van der Waals surface area contributed by atoms with E-state index in [0.717, 1.165) is 45.1 Å². The van der Waals surface area contributed by atoms with Gasteiger partial charge < -0.3 is 10.2 Å². The van der Waals surface area contributed by atoms with Crippen LogP contribution < -0.4 is 10.2 Å². The van der Waals surface area contributed by atoms with E-state index in [9.17, 15) is 9.59 Å². The summed E-state index contributed by atoms with van der Waals surface area (Å²) in [7, 11) is 0. The standard InChI is InChI=1S/C21H29N3O2/c1-15(2)16-7-8-18-17(14-16)6-5-11-23(18)12-13-24-19(25)21(22-20(24)26)9-3-4-10-21/h7-8,14-15H,3-6,9-13H2,1-2H3,(H,22,26). The first kappa shape index (κ1) is 17.4. The number of hydrogen-bond donors (Lipinski definition) is 1. The number of imide groups is 1. The molecule has 3 aliphatic rings. The molecular formula is C21H29N3O2. The van der Waals surface area contributed by atoms with E-state index in [2.05, 4.69) is 42.3 Å². The number of amides is 3. The molecule has 1 aliphatic carbocycles. The number of benzene rings is 1. The molecular weight excluding hydrogens is 326 g/mol. The lowest BCUT2D eigenvalue weighted by atomic mass is 9.95. The van der Waals surface area contributed by atoms with Gasteiger partial charge >= 0.3 is 6.03 Å². The summed E-state index contributed by atoms with van der Waals surface area (Å²) in [5.41, 5.74) is 3.45. The second-order valence-electron chi connectivity index (χ2n) is 8.31. The summed E-state index contributed by atoms with van der Waals surface area (Å²) in [6.45, 7) is 6.61. The van der Waals surface area contributed by atoms with Gasteiger partial charge in [-0.15, -0.1) is 0 Å². The maximum atomic E-state index is 12.8. The van der Waals surface area contributed by atoms with Crippen LogP contribution in [0.4, 0.5) is 10.5 Å². The molecule has 2 heterocycles. The Hall–Kier alpha value is -2.04. The summed E-state index contributed by atoms with van der Waals surface area (Å²) in [6, 6.07) is 6.55. The topological polar surface area (TPSA) is 52.6 Å². The van der Waals surface area contributed by atoms with Gasteiger partial charge in [0.25, 0.3) is 5.91 Å². The monoisotopic (exact) mass is 355 g/mol. The number of hydrogen-bond acceptors (Lipinski definition) is 3. The van der Waals surface area contributed by atoms with Gasteiger partial charge in [0.15, 0.2) is 0 Å². The molecule has 0 bridgehead atoms. The van der Waals surface area contributed by atoms with E-state index in [1.54, 1.807) is 0 Å². The van der Waals surface area contributed by atoms with Crippen molar-refractivity contribution in [3.8, 4) is 0 Å². The van der Waals surface area contributed by atoms with Crippen molar-refractivity contribution in [2.75, 3.05) is 24.5 Å². The van der Waals surface area contributed by atoms with Gasteiger partial charge in [-0.3, -0.25) is 9.69 Å². The minimum absolute atomic E-state index is 0.00705. The average molecular weight is 355 g/mol. The molecule has 0 aromatic heterocycles. The molecule has 1 spiro atoms. The SMILES string of the molecule is CC(C)c1ccc2c(c1)CCCN2CCN1C(=O)NC2(CCCC2)C1=O. The molecule has 2 aliphatic heterocycles. The molecule has 26 heavy (non-hydrogen) atoms. The quantitative estimate of drug-likeness (QED) is 0.842. The molecule has 1 N–H and O–H groups in total. The smallest absolute Gasteiger partial charge is 0.325 e. The van der Waals surface area contributed by atoms with Crippen LogP contribution in [0.5, 0.6) is 0 Å². The van der Waals surface area contributed by atoms with Crippen LogP contribution in [-0.4, -0.2) is 42.0 Å². The summed E-state index contributed by atoms with van der Waals surface area (Å²) in [5, 5.41) is 2.97. The molecule has 3 amide bonds. The molecule has 5 nitrogen and oxygen atoms in total. The molecule has 1 aromatic rings. The fourth-order valence-electron chi connectivity index (χ4n) is 4.70. The minimum Gasteiger partial charge on any atom is -0.370 e. The highest BCUT2D eigenvalue weighted by atomic mass is 16.2. The van der Waals surface area contributed by atoms with Crippen molar-refractivity contribution in [1.29, 1.82) is 0 Å². The summed E-state index contributed by atoms with van der Waals surface area (Å²) in [5.74, 6) is 0.525. The van der Waals surface area contributed by atoms with Gasteiger partial charge in [0.05, 0.1) is 0 Å². The molecule has 140 valence electrons. The molecule has 0 atom stereocenters. The summed E-state index contributed by atoms with van der Waals surface area (Å²) in [4.78, 5) is 28.9. The second kappa shape index (κ2) is 6.60. The molecule has 4 rings (SSSR count). The van der Waals surface area contributed by atoms with E-state index in [1.165, 1.54) is 21.7 Å². The maximum absolute atomic E-state index is 12.8. The van der Waals surface area contributed by atoms with Gasteiger partial charge in [-0.2, -0.15) is 0 Å². The first-order valence-corrected chi connectivity index (χ1v) is 10.0. The highest BCUT2D eigenvalue weighted by Gasteiger charge is 2.52. The van der Waals surface area contributed by atoms with Crippen molar-refractivity contribution >= 4 is 17.6 Å². The largest absolute Gasteiger partial charge is 0.370 e. The molecule has 1 saturated carbocycles. The van der Waals surface area contributed by atoms with Gasteiger partial charge in [-0.1, -0.05) is 38.8 Å². The highest BCUT2D eigenvalue weighted by molar-refractivity contribution is 6.07. The van der Waals surface area contributed by atoms with Crippen molar-refractivity contribution in [1.82, 2.24) is 10.2 Å². The predicted octanol–water partition coefficient (Wildman–Crippen LogP) is 3.43. The Labute approximate surface area is 155 Å². The van der Waals surface area contributed by atoms with E-state index < -0.39 is 5.54 Å². The molecule has 2 fully saturated rings. The van der Waals surface area contributed by atoms with Gasteiger partial charge in [0.1, 0.15) is 5.54 Å². The van der Waals surface area contributed by atoms with Crippen LogP contribution in [0.25, 0.3) is 0 Å². The lowest BCUT2D eigenvalue weighted by Gasteiger charge is -2.33. The van der Waals surface area contributed by atoms with Crippen molar-refractivity contribution in [3.05, 3.63) is 29.3 Å². The fourth-order valence-corrected chi connectivity index (χ4v) is 4.70. The zero-order chi connectivity index (χ0) is 18.3. The van der Waals surface area contributed by atoms with Crippen LogP contribution in [0.3, 0.4) is 0 Å². The van der Waals surface area contributed by atoms with Crippen molar-refractivity contribution in [2.45, 2.75) is 63.8 Å². The van der Waals surface area contributed by atoms with E-state index in [1.807, 2.05) is 0 Å². The number of carbonyl (C=O) groups excluding carboxylic acids is 2. The lowest BCUT2D eigenvalue weighted by molar-refractivity contribution is -0.131. The van der Waals surface area contributed by atoms with Gasteiger partial charge in [0.2, 0.25) is 0 Å².